The fourth-order valence-electron chi connectivity index (χ4n) is 1.10. The molecule has 0 atom stereocenters. The molecule has 7 heteroatoms. The molecular formula is C10H6BrF3O3. The summed E-state index contributed by atoms with van der Waals surface area (Å²) in [5, 5.41) is -0.0289. The number of ether oxygens (including phenoxy) is 1. The molecule has 0 amide bonds. The summed E-state index contributed by atoms with van der Waals surface area (Å²) in [4.78, 5) is 21.8. The van der Waals surface area contributed by atoms with Crippen LogP contribution in [0.5, 0.6) is 5.75 Å². The lowest BCUT2D eigenvalue weighted by molar-refractivity contribution is -0.274. The first-order chi connectivity index (χ1) is 7.87. The summed E-state index contributed by atoms with van der Waals surface area (Å²) in [7, 11) is 0. The number of Topliss-reactive ketones (excluding diaryl/α,β-unsaturated/α-hetero) is 1. The summed E-state index contributed by atoms with van der Waals surface area (Å²) >= 11 is 2.89. The van der Waals surface area contributed by atoms with Crippen molar-refractivity contribution in [3.63, 3.8) is 0 Å². The molecule has 0 saturated carbocycles. The third-order valence-corrected chi connectivity index (χ3v) is 2.32. The number of rotatable bonds is 4. The molecule has 3 nitrogen and oxygen atoms in total. The number of aldehydes is 1. The van der Waals surface area contributed by atoms with Crippen molar-refractivity contribution in [1.82, 2.24) is 0 Å². The van der Waals surface area contributed by atoms with Crippen LogP contribution < -0.4 is 4.74 Å². The Morgan fingerprint density at radius 1 is 1.41 bits per heavy atom. The van der Waals surface area contributed by atoms with E-state index in [1.807, 2.05) is 0 Å². The van der Waals surface area contributed by atoms with Gasteiger partial charge in [-0.2, -0.15) is 0 Å². The van der Waals surface area contributed by atoms with Crippen LogP contribution in [0.1, 0.15) is 20.7 Å². The van der Waals surface area contributed by atoms with E-state index in [1.165, 1.54) is 6.07 Å². The zero-order valence-electron chi connectivity index (χ0n) is 8.25. The highest BCUT2D eigenvalue weighted by molar-refractivity contribution is 9.09. The first kappa shape index (κ1) is 13.7. The molecule has 1 rings (SSSR count). The van der Waals surface area contributed by atoms with Crippen molar-refractivity contribution in [3.05, 3.63) is 29.3 Å². The van der Waals surface area contributed by atoms with Gasteiger partial charge in [0, 0.05) is 5.56 Å². The molecule has 0 bridgehead atoms. The zero-order valence-corrected chi connectivity index (χ0v) is 9.84. The van der Waals surface area contributed by atoms with Gasteiger partial charge in [-0.05, 0) is 12.1 Å². The quantitative estimate of drug-likeness (QED) is 0.488. The van der Waals surface area contributed by atoms with E-state index in [9.17, 15) is 22.8 Å². The van der Waals surface area contributed by atoms with Crippen LogP contribution in [0.2, 0.25) is 0 Å². The Hall–Kier alpha value is -1.37. The van der Waals surface area contributed by atoms with E-state index in [2.05, 4.69) is 20.7 Å². The van der Waals surface area contributed by atoms with Crippen LogP contribution in [0.25, 0.3) is 0 Å². The zero-order chi connectivity index (χ0) is 13.1. The predicted octanol–water partition coefficient (Wildman–Crippen LogP) is 2.98. The number of hydrogen-bond acceptors (Lipinski definition) is 3. The van der Waals surface area contributed by atoms with E-state index in [1.54, 1.807) is 0 Å². The van der Waals surface area contributed by atoms with Gasteiger partial charge >= 0.3 is 6.36 Å². The fourth-order valence-corrected chi connectivity index (χ4v) is 1.42. The molecule has 0 unspecified atom stereocenters. The van der Waals surface area contributed by atoms with Gasteiger partial charge in [-0.15, -0.1) is 13.2 Å². The second kappa shape index (κ2) is 5.31. The smallest absolute Gasteiger partial charge is 0.405 e. The minimum absolute atomic E-state index is 0.0289. The van der Waals surface area contributed by atoms with Crippen LogP contribution in [-0.2, 0) is 0 Å². The second-order valence-electron chi connectivity index (χ2n) is 2.98. The topological polar surface area (TPSA) is 43.4 Å². The summed E-state index contributed by atoms with van der Waals surface area (Å²) in [5.74, 6) is -1.09. The number of ketones is 1. The molecule has 92 valence electrons. The lowest BCUT2D eigenvalue weighted by Crippen LogP contribution is -2.18. The molecule has 1 aromatic carbocycles. The van der Waals surface area contributed by atoms with Crippen molar-refractivity contribution < 1.29 is 27.5 Å². The third kappa shape index (κ3) is 3.85. The number of carbonyl (C=O) groups excluding carboxylic acids is 2. The average Bonchev–Trinajstić information content (AvgIpc) is 2.25. The highest BCUT2D eigenvalue weighted by Gasteiger charge is 2.32. The largest absolute Gasteiger partial charge is 0.573 e. The van der Waals surface area contributed by atoms with Gasteiger partial charge in [-0.1, -0.05) is 22.0 Å². The van der Waals surface area contributed by atoms with Crippen molar-refractivity contribution in [1.29, 1.82) is 0 Å². The van der Waals surface area contributed by atoms with E-state index >= 15 is 0 Å². The molecule has 0 spiro atoms. The van der Waals surface area contributed by atoms with Crippen LogP contribution in [0.3, 0.4) is 0 Å². The molecule has 0 N–H and O–H groups in total. The van der Waals surface area contributed by atoms with Crippen LogP contribution in [0.4, 0.5) is 13.2 Å². The lowest BCUT2D eigenvalue weighted by atomic mass is 10.1. The molecule has 0 radical (unpaired) electrons. The standard InChI is InChI=1S/C10H6BrF3O3/c11-4-8(16)6-1-2-7(5-15)9(3-6)17-10(12,13)14/h1-3,5H,4H2. The molecule has 0 aliphatic heterocycles. The van der Waals surface area contributed by atoms with Gasteiger partial charge in [0.15, 0.2) is 12.1 Å². The van der Waals surface area contributed by atoms with E-state index < -0.39 is 17.9 Å². The monoisotopic (exact) mass is 310 g/mol. The normalized spacial score (nSPS) is 11.1. The molecule has 17 heavy (non-hydrogen) atoms. The summed E-state index contributed by atoms with van der Waals surface area (Å²) in [6.45, 7) is 0. The van der Waals surface area contributed by atoms with Crippen LogP contribution in [-0.4, -0.2) is 23.8 Å². The van der Waals surface area contributed by atoms with Crippen molar-refractivity contribution >= 4 is 28.0 Å². The fraction of sp³-hybridized carbons (Fsp3) is 0.200. The Kier molecular flexibility index (Phi) is 4.28. The van der Waals surface area contributed by atoms with Gasteiger partial charge in [0.25, 0.3) is 0 Å². The average molecular weight is 311 g/mol. The molecule has 0 heterocycles. The number of hydrogen-bond donors (Lipinski definition) is 0. The van der Waals surface area contributed by atoms with Crippen LogP contribution >= 0.6 is 15.9 Å². The summed E-state index contributed by atoms with van der Waals surface area (Å²) in [6, 6.07) is 3.25. The van der Waals surface area contributed by atoms with Gasteiger partial charge < -0.3 is 4.74 Å². The van der Waals surface area contributed by atoms with Crippen molar-refractivity contribution in [2.45, 2.75) is 6.36 Å². The Morgan fingerprint density at radius 2 is 2.06 bits per heavy atom. The molecule has 0 aliphatic carbocycles. The van der Waals surface area contributed by atoms with E-state index in [0.717, 1.165) is 12.1 Å². The SMILES string of the molecule is O=Cc1ccc(C(=O)CBr)cc1OC(F)(F)F. The van der Waals surface area contributed by atoms with Gasteiger partial charge in [0.1, 0.15) is 5.75 Å². The van der Waals surface area contributed by atoms with Crippen molar-refractivity contribution in [3.8, 4) is 5.75 Å². The Bertz CT molecular complexity index is 443. The van der Waals surface area contributed by atoms with E-state index in [0.29, 0.717) is 0 Å². The highest BCUT2D eigenvalue weighted by Crippen LogP contribution is 2.26. The molecule has 0 aromatic heterocycles. The number of alkyl halides is 4. The molecular weight excluding hydrogens is 305 g/mol. The summed E-state index contributed by atoms with van der Waals surface area (Å²) in [6.07, 6.45) is -4.68. The molecule has 0 fully saturated rings. The Morgan fingerprint density at radius 3 is 2.53 bits per heavy atom. The van der Waals surface area contributed by atoms with Gasteiger partial charge in [0.05, 0.1) is 10.9 Å². The van der Waals surface area contributed by atoms with E-state index in [4.69, 9.17) is 0 Å². The van der Waals surface area contributed by atoms with Crippen molar-refractivity contribution in [2.24, 2.45) is 0 Å². The third-order valence-electron chi connectivity index (χ3n) is 1.81. The Labute approximate surface area is 103 Å². The highest BCUT2D eigenvalue weighted by atomic mass is 79.9. The van der Waals surface area contributed by atoms with Crippen molar-refractivity contribution in [2.75, 3.05) is 5.33 Å². The summed E-state index contributed by atoms with van der Waals surface area (Å²) in [5.41, 5.74) is -0.236. The number of benzene rings is 1. The van der Waals surface area contributed by atoms with Crippen LogP contribution in [0.15, 0.2) is 18.2 Å². The summed E-state index contributed by atoms with van der Waals surface area (Å²) < 4.78 is 39.8. The maximum absolute atomic E-state index is 12.0. The van der Waals surface area contributed by atoms with Gasteiger partial charge in [0.2, 0.25) is 0 Å². The first-order valence-electron chi connectivity index (χ1n) is 4.31. The van der Waals surface area contributed by atoms with E-state index in [-0.39, 0.29) is 22.7 Å². The lowest BCUT2D eigenvalue weighted by Gasteiger charge is -2.11. The minimum Gasteiger partial charge on any atom is -0.405 e. The molecule has 1 aromatic rings. The maximum atomic E-state index is 12.0. The maximum Gasteiger partial charge on any atom is 0.573 e. The van der Waals surface area contributed by atoms with Gasteiger partial charge in [-0.25, -0.2) is 0 Å². The first-order valence-corrected chi connectivity index (χ1v) is 5.43. The molecule has 0 aliphatic rings. The molecule has 0 saturated heterocycles. The number of carbonyl (C=O) groups is 2. The van der Waals surface area contributed by atoms with Crippen LogP contribution in [0, 0.1) is 0 Å². The number of halogens is 4. The second-order valence-corrected chi connectivity index (χ2v) is 3.54. The Balaban J connectivity index is 3.15. The van der Waals surface area contributed by atoms with Gasteiger partial charge in [-0.3, -0.25) is 9.59 Å². The minimum atomic E-state index is -4.91. The predicted molar refractivity (Wildman–Crippen MR) is 56.6 cm³/mol.